The molecule has 0 radical (unpaired) electrons. The highest BCUT2D eigenvalue weighted by Crippen LogP contribution is 2.32. The topological polar surface area (TPSA) is 47.6 Å². The highest BCUT2D eigenvalue weighted by Gasteiger charge is 2.25. The van der Waals surface area contributed by atoms with Crippen molar-refractivity contribution in [3.05, 3.63) is 15.8 Å². The van der Waals surface area contributed by atoms with Crippen molar-refractivity contribution >= 4 is 17.4 Å². The van der Waals surface area contributed by atoms with Gasteiger partial charge < -0.3 is 14.8 Å². The van der Waals surface area contributed by atoms with Gasteiger partial charge in [-0.2, -0.15) is 0 Å². The summed E-state index contributed by atoms with van der Waals surface area (Å²) in [7, 11) is 0. The van der Waals surface area contributed by atoms with E-state index in [1.165, 1.54) is 9.75 Å². The lowest BCUT2D eigenvalue weighted by Gasteiger charge is -2.26. The first-order valence-corrected chi connectivity index (χ1v) is 6.87. The lowest BCUT2D eigenvalue weighted by atomic mass is 10.1. The van der Waals surface area contributed by atoms with Crippen molar-refractivity contribution in [1.82, 2.24) is 5.32 Å². The lowest BCUT2D eigenvalue weighted by molar-refractivity contribution is 0.0482. The van der Waals surface area contributed by atoms with E-state index in [0.717, 1.165) is 12.2 Å². The highest BCUT2D eigenvalue weighted by molar-refractivity contribution is 7.12. The molecule has 0 spiro atoms. The number of aryl methyl sites for hydroxylation is 1. The Kier molecular flexibility index (Phi) is 3.52. The van der Waals surface area contributed by atoms with Gasteiger partial charge in [-0.05, 0) is 33.8 Å². The van der Waals surface area contributed by atoms with Gasteiger partial charge in [0.15, 0.2) is 0 Å². The fourth-order valence-electron chi connectivity index (χ4n) is 1.84. The minimum Gasteiger partial charge on any atom is -0.490 e. The summed E-state index contributed by atoms with van der Waals surface area (Å²) < 4.78 is 10.9. The first-order valence-electron chi connectivity index (χ1n) is 6.05. The molecule has 1 aromatic heterocycles. The maximum Gasteiger partial charge on any atom is 0.408 e. The molecule has 0 bridgehead atoms. The summed E-state index contributed by atoms with van der Waals surface area (Å²) in [5, 5.41) is 2.85. The predicted octanol–water partition coefficient (Wildman–Crippen LogP) is 2.88. The molecule has 0 aliphatic carbocycles. The zero-order valence-electron chi connectivity index (χ0n) is 11.2. The van der Waals surface area contributed by atoms with E-state index in [4.69, 9.17) is 9.47 Å². The summed E-state index contributed by atoms with van der Waals surface area (Å²) in [6.45, 7) is 8.12. The van der Waals surface area contributed by atoms with Crippen LogP contribution in [0.1, 0.15) is 30.5 Å². The molecule has 1 aliphatic rings. The van der Waals surface area contributed by atoms with E-state index in [1.54, 1.807) is 11.3 Å². The summed E-state index contributed by atoms with van der Waals surface area (Å²) in [4.78, 5) is 14.1. The second kappa shape index (κ2) is 4.80. The Morgan fingerprint density at radius 2 is 2.28 bits per heavy atom. The quantitative estimate of drug-likeness (QED) is 0.852. The first-order chi connectivity index (χ1) is 8.33. The molecule has 0 saturated carbocycles. The Bertz CT molecular complexity index is 448. The molecule has 1 amide bonds. The van der Waals surface area contributed by atoms with E-state index in [-0.39, 0.29) is 12.1 Å². The number of nitrogens with one attached hydrogen (secondary N) is 1. The summed E-state index contributed by atoms with van der Waals surface area (Å²) in [6, 6.07) is 2.04. The van der Waals surface area contributed by atoms with Crippen LogP contribution in [-0.4, -0.2) is 24.3 Å². The van der Waals surface area contributed by atoms with Gasteiger partial charge in [0, 0.05) is 16.2 Å². The predicted molar refractivity (Wildman–Crippen MR) is 71.4 cm³/mol. The van der Waals surface area contributed by atoms with Gasteiger partial charge in [0.1, 0.15) is 18.0 Å². The molecule has 18 heavy (non-hydrogen) atoms. The van der Waals surface area contributed by atoms with Crippen LogP contribution in [0.5, 0.6) is 5.75 Å². The third kappa shape index (κ3) is 3.38. The van der Waals surface area contributed by atoms with Crippen LogP contribution in [0.25, 0.3) is 0 Å². The normalized spacial score (nSPS) is 18.8. The number of rotatable bonds is 1. The zero-order chi connectivity index (χ0) is 13.3. The fourth-order valence-corrected chi connectivity index (χ4v) is 2.90. The van der Waals surface area contributed by atoms with Crippen LogP contribution in [-0.2, 0) is 11.2 Å². The van der Waals surface area contributed by atoms with Gasteiger partial charge in [0.2, 0.25) is 0 Å². The molecule has 0 saturated heterocycles. The van der Waals surface area contributed by atoms with Crippen molar-refractivity contribution in [2.75, 3.05) is 6.61 Å². The minimum absolute atomic E-state index is 0.00889. The lowest BCUT2D eigenvalue weighted by Crippen LogP contribution is -2.44. The molecule has 2 heterocycles. The van der Waals surface area contributed by atoms with Gasteiger partial charge in [0.05, 0.1) is 6.04 Å². The van der Waals surface area contributed by atoms with Gasteiger partial charge in [0.25, 0.3) is 0 Å². The molecule has 1 N–H and O–H groups in total. The highest BCUT2D eigenvalue weighted by atomic mass is 32.1. The van der Waals surface area contributed by atoms with E-state index >= 15 is 0 Å². The number of fused-ring (bicyclic) bond motifs is 1. The molecule has 1 unspecified atom stereocenters. The maximum atomic E-state index is 11.7. The van der Waals surface area contributed by atoms with Crippen molar-refractivity contribution in [2.24, 2.45) is 0 Å². The molecule has 4 nitrogen and oxygen atoms in total. The molecule has 2 rings (SSSR count). The van der Waals surface area contributed by atoms with Crippen molar-refractivity contribution in [3.8, 4) is 5.75 Å². The Balaban J connectivity index is 1.91. The summed E-state index contributed by atoms with van der Waals surface area (Å²) in [5.74, 6) is 0.958. The third-order valence-electron chi connectivity index (χ3n) is 2.49. The van der Waals surface area contributed by atoms with E-state index in [1.807, 2.05) is 26.8 Å². The van der Waals surface area contributed by atoms with Crippen LogP contribution in [0.3, 0.4) is 0 Å². The second-order valence-electron chi connectivity index (χ2n) is 5.50. The van der Waals surface area contributed by atoms with Crippen molar-refractivity contribution < 1.29 is 14.3 Å². The number of thiophene rings is 1. The summed E-state index contributed by atoms with van der Waals surface area (Å²) in [6.07, 6.45) is 0.431. The van der Waals surface area contributed by atoms with Gasteiger partial charge >= 0.3 is 6.09 Å². The Labute approximate surface area is 111 Å². The van der Waals surface area contributed by atoms with Crippen LogP contribution in [0, 0.1) is 6.92 Å². The average Bonchev–Trinajstić information content (AvgIpc) is 2.53. The molecule has 100 valence electrons. The van der Waals surface area contributed by atoms with E-state index in [0.29, 0.717) is 6.61 Å². The second-order valence-corrected chi connectivity index (χ2v) is 6.84. The summed E-state index contributed by atoms with van der Waals surface area (Å²) >= 11 is 1.72. The van der Waals surface area contributed by atoms with Gasteiger partial charge in [-0.15, -0.1) is 11.3 Å². The van der Waals surface area contributed by atoms with Crippen LogP contribution in [0.4, 0.5) is 4.79 Å². The number of carbonyl (C=O) groups excluding carboxylic acids is 1. The van der Waals surface area contributed by atoms with Crippen molar-refractivity contribution in [3.63, 3.8) is 0 Å². The Morgan fingerprint density at radius 3 is 2.94 bits per heavy atom. The van der Waals surface area contributed by atoms with Crippen LogP contribution in [0.2, 0.25) is 0 Å². The number of hydrogen-bond donors (Lipinski definition) is 1. The van der Waals surface area contributed by atoms with Crippen LogP contribution < -0.4 is 10.1 Å². The number of ether oxygens (including phenoxy) is 2. The summed E-state index contributed by atoms with van der Waals surface area (Å²) in [5.41, 5.74) is -0.468. The number of carbonyl (C=O) groups is 1. The van der Waals surface area contributed by atoms with Crippen LogP contribution in [0.15, 0.2) is 6.07 Å². The number of amides is 1. The first kappa shape index (κ1) is 13.2. The molecule has 0 fully saturated rings. The molecule has 5 heteroatoms. The Morgan fingerprint density at radius 1 is 1.56 bits per heavy atom. The van der Waals surface area contributed by atoms with E-state index in [2.05, 4.69) is 12.2 Å². The molecule has 1 aromatic rings. The Hall–Kier alpha value is -1.23. The monoisotopic (exact) mass is 269 g/mol. The SMILES string of the molecule is Cc1cc2c(s1)CC(NC(=O)OC(C)(C)C)CO2. The van der Waals surface area contributed by atoms with Gasteiger partial charge in [-0.3, -0.25) is 0 Å². The molecule has 1 aliphatic heterocycles. The van der Waals surface area contributed by atoms with Gasteiger partial charge in [-0.1, -0.05) is 0 Å². The molecule has 0 aromatic carbocycles. The smallest absolute Gasteiger partial charge is 0.408 e. The third-order valence-corrected chi connectivity index (χ3v) is 3.54. The molecular weight excluding hydrogens is 250 g/mol. The minimum atomic E-state index is -0.468. The van der Waals surface area contributed by atoms with E-state index in [9.17, 15) is 4.79 Å². The molecule has 1 atom stereocenters. The number of alkyl carbamates (subject to hydrolysis) is 1. The zero-order valence-corrected chi connectivity index (χ0v) is 12.0. The number of hydrogen-bond acceptors (Lipinski definition) is 4. The largest absolute Gasteiger partial charge is 0.490 e. The molecular formula is C13H19NO3S. The van der Waals surface area contributed by atoms with Gasteiger partial charge in [-0.25, -0.2) is 4.79 Å². The maximum absolute atomic E-state index is 11.7. The van der Waals surface area contributed by atoms with E-state index < -0.39 is 5.60 Å². The van der Waals surface area contributed by atoms with Crippen LogP contribution >= 0.6 is 11.3 Å². The average molecular weight is 269 g/mol. The fraction of sp³-hybridized carbons (Fsp3) is 0.615. The van der Waals surface area contributed by atoms with Crippen molar-refractivity contribution in [1.29, 1.82) is 0 Å². The van der Waals surface area contributed by atoms with Crippen molar-refractivity contribution in [2.45, 2.75) is 45.8 Å². The standard InChI is InChI=1S/C13H19NO3S/c1-8-5-10-11(18-8)6-9(7-16-10)14-12(15)17-13(2,3)4/h5,9H,6-7H2,1-4H3,(H,14,15).